The minimum Gasteiger partial charge on any atom is -0.260 e. The number of hydrogen-bond acceptors (Lipinski definition) is 4. The van der Waals surface area contributed by atoms with Crippen LogP contribution in [-0.2, 0) is 9.84 Å². The van der Waals surface area contributed by atoms with Crippen molar-refractivity contribution in [2.75, 3.05) is 5.75 Å². The Bertz CT molecular complexity index is 384. The Balaban J connectivity index is 2.95. The van der Waals surface area contributed by atoms with Crippen molar-refractivity contribution in [2.45, 2.75) is 11.9 Å². The molecular weight excluding hydrogens is 188 g/mol. The molecule has 0 aliphatic heterocycles. The molecule has 13 heavy (non-hydrogen) atoms. The first-order valence-electron chi connectivity index (χ1n) is 3.77. The smallest absolute Gasteiger partial charge is 0.200 e. The van der Waals surface area contributed by atoms with E-state index in [1.807, 2.05) is 0 Å². The quantitative estimate of drug-likeness (QED) is 0.675. The summed E-state index contributed by atoms with van der Waals surface area (Å²) in [6.07, 6.45) is 7.31. The van der Waals surface area contributed by atoms with Gasteiger partial charge in [0.05, 0.1) is 11.9 Å². The predicted octanol–water partition coefficient (Wildman–Crippen LogP) is 0.826. The fourth-order valence-electron chi connectivity index (χ4n) is 0.754. The number of hydrogen-bond donors (Lipinski definition) is 0. The molecule has 0 aliphatic rings. The summed E-state index contributed by atoms with van der Waals surface area (Å²) in [5.41, 5.74) is 0. The van der Waals surface area contributed by atoms with Crippen LogP contribution in [0.4, 0.5) is 0 Å². The van der Waals surface area contributed by atoms with Crippen LogP contribution < -0.4 is 0 Å². The van der Waals surface area contributed by atoms with Crippen LogP contribution in [0.2, 0.25) is 0 Å². The van der Waals surface area contributed by atoms with Gasteiger partial charge in [0.15, 0.2) is 5.03 Å². The number of aromatic nitrogens is 2. The van der Waals surface area contributed by atoms with Crippen molar-refractivity contribution in [3.63, 3.8) is 0 Å². The minimum atomic E-state index is -3.28. The zero-order valence-corrected chi connectivity index (χ0v) is 8.03. The molecule has 1 heterocycles. The lowest BCUT2D eigenvalue weighted by Crippen LogP contribution is -2.06. The first kappa shape index (κ1) is 9.85. The zero-order chi connectivity index (χ0) is 9.73. The van der Waals surface area contributed by atoms with Crippen LogP contribution in [0.3, 0.4) is 0 Å². The molecule has 0 amide bonds. The molecule has 70 valence electrons. The predicted molar refractivity (Wildman–Crippen MR) is 48.9 cm³/mol. The molecule has 0 atom stereocenters. The largest absolute Gasteiger partial charge is 0.260 e. The Morgan fingerprint density at radius 1 is 1.46 bits per heavy atom. The maximum Gasteiger partial charge on any atom is 0.200 e. The van der Waals surface area contributed by atoms with E-state index in [1.54, 1.807) is 19.1 Å². The molecule has 0 unspecified atom stereocenters. The van der Waals surface area contributed by atoms with Gasteiger partial charge in [-0.15, -0.1) is 0 Å². The SMILES string of the molecule is C/C=C/CS(=O)(=O)c1cnccn1. The van der Waals surface area contributed by atoms with Crippen molar-refractivity contribution in [1.82, 2.24) is 9.97 Å². The van der Waals surface area contributed by atoms with Crippen LogP contribution in [0, 0.1) is 0 Å². The van der Waals surface area contributed by atoms with Gasteiger partial charge in [0.2, 0.25) is 9.84 Å². The summed E-state index contributed by atoms with van der Waals surface area (Å²) in [7, 11) is -3.28. The van der Waals surface area contributed by atoms with E-state index in [1.165, 1.54) is 18.6 Å². The molecule has 0 radical (unpaired) electrons. The number of rotatable bonds is 3. The topological polar surface area (TPSA) is 59.9 Å². The summed E-state index contributed by atoms with van der Waals surface area (Å²) in [4.78, 5) is 7.41. The van der Waals surface area contributed by atoms with Crippen LogP contribution in [0.1, 0.15) is 6.92 Å². The Morgan fingerprint density at radius 2 is 2.23 bits per heavy atom. The van der Waals surface area contributed by atoms with Crippen molar-refractivity contribution in [3.05, 3.63) is 30.7 Å². The lowest BCUT2D eigenvalue weighted by atomic mass is 10.6. The van der Waals surface area contributed by atoms with Crippen molar-refractivity contribution < 1.29 is 8.42 Å². The molecule has 0 aromatic carbocycles. The van der Waals surface area contributed by atoms with E-state index in [0.717, 1.165) is 0 Å². The minimum absolute atomic E-state index is 0.0214. The summed E-state index contributed by atoms with van der Waals surface area (Å²) in [6, 6.07) is 0. The van der Waals surface area contributed by atoms with Crippen LogP contribution in [0.5, 0.6) is 0 Å². The van der Waals surface area contributed by atoms with E-state index >= 15 is 0 Å². The molecule has 0 saturated carbocycles. The zero-order valence-electron chi connectivity index (χ0n) is 7.21. The molecule has 0 bridgehead atoms. The highest BCUT2D eigenvalue weighted by Gasteiger charge is 2.13. The first-order chi connectivity index (χ1) is 6.17. The Kier molecular flexibility index (Phi) is 3.13. The normalized spacial score (nSPS) is 12.1. The van der Waals surface area contributed by atoms with E-state index in [-0.39, 0.29) is 10.8 Å². The third-order valence-corrected chi connectivity index (χ3v) is 2.89. The maximum atomic E-state index is 11.4. The molecule has 0 spiro atoms. The second kappa shape index (κ2) is 4.13. The third-order valence-electron chi connectivity index (χ3n) is 1.41. The van der Waals surface area contributed by atoms with Gasteiger partial charge in [-0.1, -0.05) is 12.2 Å². The monoisotopic (exact) mass is 198 g/mol. The molecule has 0 saturated heterocycles. The molecule has 0 aliphatic carbocycles. The maximum absolute atomic E-state index is 11.4. The molecule has 0 N–H and O–H groups in total. The van der Waals surface area contributed by atoms with Crippen molar-refractivity contribution in [2.24, 2.45) is 0 Å². The van der Waals surface area contributed by atoms with Crippen LogP contribution in [-0.4, -0.2) is 24.1 Å². The van der Waals surface area contributed by atoms with Gasteiger partial charge in [0, 0.05) is 12.4 Å². The first-order valence-corrected chi connectivity index (χ1v) is 5.42. The molecule has 5 heteroatoms. The van der Waals surface area contributed by atoms with Gasteiger partial charge in [-0.05, 0) is 6.92 Å². The standard InChI is InChI=1S/C8H10N2O2S/c1-2-3-6-13(11,12)8-7-9-4-5-10-8/h2-5,7H,6H2,1H3/b3-2+. The highest BCUT2D eigenvalue weighted by atomic mass is 32.2. The number of sulfone groups is 1. The van der Waals surface area contributed by atoms with E-state index in [4.69, 9.17) is 0 Å². The summed E-state index contributed by atoms with van der Waals surface area (Å²) >= 11 is 0. The van der Waals surface area contributed by atoms with Crippen molar-refractivity contribution in [3.8, 4) is 0 Å². The molecule has 0 fully saturated rings. The van der Waals surface area contributed by atoms with Crippen molar-refractivity contribution in [1.29, 1.82) is 0 Å². The highest BCUT2D eigenvalue weighted by Crippen LogP contribution is 2.04. The highest BCUT2D eigenvalue weighted by molar-refractivity contribution is 7.91. The van der Waals surface area contributed by atoms with Crippen LogP contribution in [0.15, 0.2) is 35.8 Å². The van der Waals surface area contributed by atoms with Gasteiger partial charge in [-0.25, -0.2) is 13.4 Å². The van der Waals surface area contributed by atoms with E-state index in [9.17, 15) is 8.42 Å². The van der Waals surface area contributed by atoms with Gasteiger partial charge in [0.1, 0.15) is 0 Å². The van der Waals surface area contributed by atoms with Gasteiger partial charge in [-0.3, -0.25) is 4.98 Å². The van der Waals surface area contributed by atoms with E-state index in [0.29, 0.717) is 0 Å². The summed E-state index contributed by atoms with van der Waals surface area (Å²) in [5.74, 6) is -0.0256. The lowest BCUT2D eigenvalue weighted by Gasteiger charge is -1.97. The average molecular weight is 198 g/mol. The molecular formula is C8H10N2O2S. The summed E-state index contributed by atoms with van der Waals surface area (Å²) in [6.45, 7) is 1.77. The van der Waals surface area contributed by atoms with Crippen molar-refractivity contribution >= 4 is 9.84 Å². The summed E-state index contributed by atoms with van der Waals surface area (Å²) in [5, 5.41) is 0.0214. The number of allylic oxidation sites excluding steroid dienone is 1. The number of nitrogens with zero attached hydrogens (tertiary/aromatic N) is 2. The Hall–Kier alpha value is -1.23. The molecule has 4 nitrogen and oxygen atoms in total. The third kappa shape index (κ3) is 2.62. The fraction of sp³-hybridized carbons (Fsp3) is 0.250. The van der Waals surface area contributed by atoms with Crippen LogP contribution in [0.25, 0.3) is 0 Å². The van der Waals surface area contributed by atoms with Gasteiger partial charge >= 0.3 is 0 Å². The van der Waals surface area contributed by atoms with Gasteiger partial charge in [0.25, 0.3) is 0 Å². The Morgan fingerprint density at radius 3 is 2.77 bits per heavy atom. The van der Waals surface area contributed by atoms with Gasteiger partial charge in [-0.2, -0.15) is 0 Å². The second-order valence-corrected chi connectivity index (χ2v) is 4.38. The van der Waals surface area contributed by atoms with E-state index < -0.39 is 9.84 Å². The lowest BCUT2D eigenvalue weighted by molar-refractivity contribution is 0.594. The fourth-order valence-corrected chi connectivity index (χ4v) is 1.81. The second-order valence-electron chi connectivity index (χ2n) is 2.39. The molecule has 1 aromatic heterocycles. The van der Waals surface area contributed by atoms with Crippen LogP contribution >= 0.6 is 0 Å². The Labute approximate surface area is 77.3 Å². The summed E-state index contributed by atoms with van der Waals surface area (Å²) < 4.78 is 22.9. The van der Waals surface area contributed by atoms with Gasteiger partial charge < -0.3 is 0 Å². The molecule has 1 rings (SSSR count). The van der Waals surface area contributed by atoms with E-state index in [2.05, 4.69) is 9.97 Å². The average Bonchev–Trinajstić information content (AvgIpc) is 2.16. The molecule has 1 aromatic rings.